The zero-order valence-corrected chi connectivity index (χ0v) is 6.19. The molecule has 1 saturated carbocycles. The van der Waals surface area contributed by atoms with Gasteiger partial charge >= 0.3 is 6.18 Å². The summed E-state index contributed by atoms with van der Waals surface area (Å²) >= 11 is 0. The Bertz CT molecular complexity index is 111. The first-order valence-corrected chi connectivity index (χ1v) is 3.81. The molecule has 0 N–H and O–H groups in total. The molecule has 0 saturated heterocycles. The lowest BCUT2D eigenvalue weighted by Gasteiger charge is -2.09. The molecule has 1 aliphatic rings. The van der Waals surface area contributed by atoms with Crippen LogP contribution >= 0.6 is 0 Å². The van der Waals surface area contributed by atoms with Crippen LogP contribution in [0.4, 0.5) is 13.2 Å². The van der Waals surface area contributed by atoms with Crippen molar-refractivity contribution in [2.75, 3.05) is 0 Å². The molecule has 0 nitrogen and oxygen atoms in total. The van der Waals surface area contributed by atoms with E-state index < -0.39 is 6.18 Å². The van der Waals surface area contributed by atoms with Crippen molar-refractivity contribution in [3.8, 4) is 0 Å². The van der Waals surface area contributed by atoms with Crippen molar-refractivity contribution in [1.82, 2.24) is 0 Å². The van der Waals surface area contributed by atoms with Gasteiger partial charge in [0.25, 0.3) is 0 Å². The van der Waals surface area contributed by atoms with E-state index in [2.05, 4.69) is 6.42 Å². The van der Waals surface area contributed by atoms with Crippen LogP contribution in [0.5, 0.6) is 0 Å². The van der Waals surface area contributed by atoms with Crippen molar-refractivity contribution in [3.05, 3.63) is 12.8 Å². The van der Waals surface area contributed by atoms with Crippen LogP contribution in [0, 0.1) is 18.8 Å². The van der Waals surface area contributed by atoms with E-state index in [4.69, 9.17) is 0 Å². The number of halogens is 3. The predicted molar refractivity (Wildman–Crippen MR) is 36.6 cm³/mol. The number of alkyl halides is 3. The van der Waals surface area contributed by atoms with E-state index >= 15 is 0 Å². The highest BCUT2D eigenvalue weighted by molar-refractivity contribution is 4.86. The second-order valence-electron chi connectivity index (χ2n) is 2.95. The maximum Gasteiger partial charge on any atom is 0.392 e. The van der Waals surface area contributed by atoms with E-state index in [1.54, 1.807) is 0 Å². The van der Waals surface area contributed by atoms with Crippen molar-refractivity contribution in [3.63, 3.8) is 0 Å². The Morgan fingerprint density at radius 1 is 1.45 bits per heavy atom. The number of hydrogen-bond donors (Lipinski definition) is 0. The molecule has 1 rings (SSSR count). The maximum atomic E-state index is 11.6. The summed E-state index contributed by atoms with van der Waals surface area (Å²) in [6.07, 6.45) is 1.41. The van der Waals surface area contributed by atoms with Gasteiger partial charge < -0.3 is 0 Å². The summed E-state index contributed by atoms with van der Waals surface area (Å²) in [6.45, 7) is 0. The number of rotatable bonds is 2. The zero-order valence-electron chi connectivity index (χ0n) is 6.19. The second-order valence-corrected chi connectivity index (χ2v) is 2.95. The molecule has 11 heavy (non-hydrogen) atoms. The van der Waals surface area contributed by atoms with Gasteiger partial charge in [-0.05, 0) is 31.6 Å². The minimum absolute atomic E-state index is 0.194. The molecule has 0 heterocycles. The Labute approximate surface area is 64.8 Å². The molecule has 0 aromatic heterocycles. The fourth-order valence-corrected chi connectivity index (χ4v) is 1.34. The Hall–Kier alpha value is -0.210. The third kappa shape index (κ3) is 3.63. The second kappa shape index (κ2) is 3.46. The lowest BCUT2D eigenvalue weighted by atomic mass is 10.0. The molecule has 1 aliphatic carbocycles. The summed E-state index contributed by atoms with van der Waals surface area (Å²) in [5.41, 5.74) is 0. The molecule has 2 radical (unpaired) electrons. The van der Waals surface area contributed by atoms with Crippen molar-refractivity contribution in [2.24, 2.45) is 5.92 Å². The fraction of sp³-hybridized carbons (Fsp3) is 0.750. The van der Waals surface area contributed by atoms with Crippen LogP contribution in [-0.2, 0) is 0 Å². The molecular formula is C8H11F3. The molecule has 1 unspecified atom stereocenters. The molecule has 0 bridgehead atoms. The smallest absolute Gasteiger partial charge is 0.171 e. The molecule has 0 aromatic rings. The van der Waals surface area contributed by atoms with E-state index in [1.807, 2.05) is 0 Å². The minimum atomic E-state index is -4.08. The largest absolute Gasteiger partial charge is 0.392 e. The van der Waals surface area contributed by atoms with Crippen LogP contribution in [0.1, 0.15) is 25.7 Å². The Morgan fingerprint density at radius 2 is 2.18 bits per heavy atom. The van der Waals surface area contributed by atoms with Gasteiger partial charge in [-0.1, -0.05) is 6.42 Å². The summed E-state index contributed by atoms with van der Waals surface area (Å²) in [4.78, 5) is 0. The van der Waals surface area contributed by atoms with Crippen LogP contribution in [0.2, 0.25) is 0 Å². The molecule has 1 atom stereocenters. The van der Waals surface area contributed by atoms with Crippen molar-refractivity contribution in [1.29, 1.82) is 0 Å². The van der Waals surface area contributed by atoms with Crippen LogP contribution in [0.15, 0.2) is 0 Å². The summed E-state index contributed by atoms with van der Waals surface area (Å²) in [6, 6.07) is 0. The standard InChI is InChI=1S/C8H11F3/c9-8(10,11)6-5-7-3-1-2-4-7/h1,6-7H,2-5H2. The molecular weight excluding hydrogens is 153 g/mol. The lowest BCUT2D eigenvalue weighted by Crippen LogP contribution is -2.10. The van der Waals surface area contributed by atoms with E-state index in [0.29, 0.717) is 6.42 Å². The monoisotopic (exact) mass is 164 g/mol. The highest BCUT2D eigenvalue weighted by Crippen LogP contribution is 2.31. The summed E-state index contributed by atoms with van der Waals surface area (Å²) in [5, 5.41) is 0. The Balaban J connectivity index is 2.11. The van der Waals surface area contributed by atoms with Gasteiger partial charge in [-0.15, -0.1) is 0 Å². The van der Waals surface area contributed by atoms with E-state index in [-0.39, 0.29) is 12.3 Å². The molecule has 0 aromatic carbocycles. The summed E-state index contributed by atoms with van der Waals surface area (Å²) < 4.78 is 34.9. The van der Waals surface area contributed by atoms with Gasteiger partial charge in [0.2, 0.25) is 0 Å². The zero-order chi connectivity index (χ0) is 8.32. The van der Waals surface area contributed by atoms with E-state index in [9.17, 15) is 13.2 Å². The summed E-state index contributed by atoms with van der Waals surface area (Å²) in [7, 11) is 0. The minimum Gasteiger partial charge on any atom is -0.171 e. The van der Waals surface area contributed by atoms with Gasteiger partial charge in [0, 0.05) is 0 Å². The van der Waals surface area contributed by atoms with Gasteiger partial charge in [0.1, 0.15) is 0 Å². The highest BCUT2D eigenvalue weighted by Gasteiger charge is 2.29. The lowest BCUT2D eigenvalue weighted by molar-refractivity contribution is -0.0995. The third-order valence-electron chi connectivity index (χ3n) is 1.96. The SMILES string of the molecule is FC(F)(F)[CH]CC1C[CH]CC1. The van der Waals surface area contributed by atoms with Crippen LogP contribution in [0.3, 0.4) is 0 Å². The van der Waals surface area contributed by atoms with Gasteiger partial charge in [-0.25, -0.2) is 0 Å². The Morgan fingerprint density at radius 3 is 2.64 bits per heavy atom. The molecule has 0 amide bonds. The fourth-order valence-electron chi connectivity index (χ4n) is 1.34. The first kappa shape index (κ1) is 8.88. The molecule has 3 heteroatoms. The topological polar surface area (TPSA) is 0 Å². The number of hydrogen-bond acceptors (Lipinski definition) is 0. The maximum absolute atomic E-state index is 11.6. The summed E-state index contributed by atoms with van der Waals surface area (Å²) in [5.74, 6) is 0.247. The van der Waals surface area contributed by atoms with Crippen molar-refractivity contribution >= 4 is 0 Å². The first-order valence-electron chi connectivity index (χ1n) is 3.81. The average Bonchev–Trinajstić information content (AvgIpc) is 2.32. The molecule has 0 spiro atoms. The molecule has 0 aliphatic heterocycles. The third-order valence-corrected chi connectivity index (χ3v) is 1.96. The Kier molecular flexibility index (Phi) is 2.79. The van der Waals surface area contributed by atoms with Crippen LogP contribution < -0.4 is 0 Å². The molecule has 64 valence electrons. The van der Waals surface area contributed by atoms with Gasteiger partial charge in [0.05, 0.1) is 6.42 Å². The molecule has 1 fully saturated rings. The average molecular weight is 164 g/mol. The van der Waals surface area contributed by atoms with E-state index in [1.165, 1.54) is 0 Å². The first-order chi connectivity index (χ1) is 5.08. The highest BCUT2D eigenvalue weighted by atomic mass is 19.4. The van der Waals surface area contributed by atoms with Crippen molar-refractivity contribution < 1.29 is 13.2 Å². The van der Waals surface area contributed by atoms with Crippen LogP contribution in [-0.4, -0.2) is 6.18 Å². The van der Waals surface area contributed by atoms with Crippen LogP contribution in [0.25, 0.3) is 0 Å². The predicted octanol–water partition coefficient (Wildman–Crippen LogP) is 3.15. The quantitative estimate of drug-likeness (QED) is 0.588. The van der Waals surface area contributed by atoms with Crippen molar-refractivity contribution in [2.45, 2.75) is 31.9 Å². The van der Waals surface area contributed by atoms with Gasteiger partial charge in [-0.2, -0.15) is 13.2 Å². The van der Waals surface area contributed by atoms with Gasteiger partial charge in [0.15, 0.2) is 0 Å². The normalized spacial score (nSPS) is 21.0. The van der Waals surface area contributed by atoms with Gasteiger partial charge in [-0.3, -0.25) is 0 Å². The van der Waals surface area contributed by atoms with E-state index in [0.717, 1.165) is 19.3 Å².